The van der Waals surface area contributed by atoms with E-state index in [1.54, 1.807) is 0 Å². The molecular weight excluding hydrogens is 288 g/mol. The van der Waals surface area contributed by atoms with Gasteiger partial charge in [-0.25, -0.2) is 4.79 Å². The van der Waals surface area contributed by atoms with Crippen LogP contribution in [0.4, 0.5) is 0 Å². The molecule has 0 fully saturated rings. The predicted octanol–water partition coefficient (Wildman–Crippen LogP) is 3.73. The molecule has 2 unspecified atom stereocenters. The van der Waals surface area contributed by atoms with Crippen LogP contribution >= 0.6 is 0 Å². The lowest BCUT2D eigenvalue weighted by molar-refractivity contribution is -0.146. The maximum absolute atomic E-state index is 11.3. The second kappa shape index (κ2) is 12.1. The van der Waals surface area contributed by atoms with Crippen LogP contribution in [0.1, 0.15) is 63.9 Å². The van der Waals surface area contributed by atoms with Crippen LogP contribution in [0.15, 0.2) is 30.3 Å². The highest BCUT2D eigenvalue weighted by molar-refractivity contribution is 5.74. The number of carbonyl (C=O) groups excluding carboxylic acids is 1. The highest BCUT2D eigenvalue weighted by atomic mass is 16.7. The Labute approximate surface area is 140 Å². The van der Waals surface area contributed by atoms with Crippen molar-refractivity contribution in [1.82, 2.24) is 0 Å². The summed E-state index contributed by atoms with van der Waals surface area (Å²) in [4.78, 5) is 15.6. The van der Waals surface area contributed by atoms with Crippen molar-refractivity contribution in [3.63, 3.8) is 0 Å². The molecule has 0 aliphatic carbocycles. The molecule has 0 spiro atoms. The van der Waals surface area contributed by atoms with Gasteiger partial charge in [-0.3, -0.25) is 0 Å². The summed E-state index contributed by atoms with van der Waals surface area (Å²) < 4.78 is 0. The summed E-state index contributed by atoms with van der Waals surface area (Å²) in [5, 5.41) is 0. The molecule has 0 aliphatic rings. The zero-order valence-electron chi connectivity index (χ0n) is 14.4. The maximum Gasteiger partial charge on any atom is 0.341 e. The lowest BCUT2D eigenvalue weighted by Crippen LogP contribution is -2.34. The van der Waals surface area contributed by atoms with Crippen molar-refractivity contribution in [2.45, 2.75) is 70.8 Å². The first-order valence-electron chi connectivity index (χ1n) is 8.87. The molecule has 4 N–H and O–H groups in total. The Hall–Kier alpha value is -1.39. The first kappa shape index (κ1) is 19.7. The van der Waals surface area contributed by atoms with E-state index in [1.165, 1.54) is 44.1 Å². The average Bonchev–Trinajstić information content (AvgIpc) is 2.59. The fraction of sp³-hybridized carbons (Fsp3) is 0.632. The molecule has 23 heavy (non-hydrogen) atoms. The molecule has 0 radical (unpaired) electrons. The Bertz CT molecular complexity index is 423. The average molecular weight is 320 g/mol. The minimum Gasteiger partial charge on any atom is -0.372 e. The second-order valence-electron chi connectivity index (χ2n) is 6.38. The van der Waals surface area contributed by atoms with Gasteiger partial charge < -0.3 is 10.6 Å². The molecule has 0 saturated heterocycles. The summed E-state index contributed by atoms with van der Waals surface area (Å²) in [5.41, 5.74) is 7.16. The summed E-state index contributed by atoms with van der Waals surface area (Å²) in [6.07, 6.45) is 10.2. The van der Waals surface area contributed by atoms with Crippen molar-refractivity contribution in [3.8, 4) is 0 Å². The third kappa shape index (κ3) is 8.72. The number of benzene rings is 1. The van der Waals surface area contributed by atoms with E-state index in [9.17, 15) is 4.79 Å². The van der Waals surface area contributed by atoms with Crippen LogP contribution in [0, 0.1) is 5.92 Å². The van der Waals surface area contributed by atoms with Gasteiger partial charge in [0.1, 0.15) is 6.04 Å². The van der Waals surface area contributed by atoms with Crippen LogP contribution < -0.4 is 11.6 Å². The van der Waals surface area contributed by atoms with Crippen LogP contribution in [0.2, 0.25) is 0 Å². The number of nitrogens with two attached hydrogens (primary N) is 2. The van der Waals surface area contributed by atoms with Crippen LogP contribution in [0.25, 0.3) is 0 Å². The zero-order valence-corrected chi connectivity index (χ0v) is 14.4. The van der Waals surface area contributed by atoms with Gasteiger partial charge in [0.05, 0.1) is 0 Å². The molecular formula is C19H32N2O2. The summed E-state index contributed by atoms with van der Waals surface area (Å²) >= 11 is 0. The molecule has 0 bridgehead atoms. The minimum atomic E-state index is -0.613. The summed E-state index contributed by atoms with van der Waals surface area (Å²) in [6.45, 7) is 2.23. The third-order valence-corrected chi connectivity index (χ3v) is 4.39. The first-order chi connectivity index (χ1) is 11.2. The Kier molecular flexibility index (Phi) is 10.3. The van der Waals surface area contributed by atoms with Crippen LogP contribution in [0.3, 0.4) is 0 Å². The van der Waals surface area contributed by atoms with E-state index in [2.05, 4.69) is 36.0 Å². The minimum absolute atomic E-state index is 0.522. The smallest absolute Gasteiger partial charge is 0.341 e. The first-order valence-corrected chi connectivity index (χ1v) is 8.87. The highest BCUT2D eigenvalue weighted by Crippen LogP contribution is 2.22. The van der Waals surface area contributed by atoms with Crippen LogP contribution in [-0.2, 0) is 16.1 Å². The van der Waals surface area contributed by atoms with Gasteiger partial charge in [-0.1, -0.05) is 75.8 Å². The summed E-state index contributed by atoms with van der Waals surface area (Å²) in [5.74, 6) is 4.93. The van der Waals surface area contributed by atoms with Crippen molar-refractivity contribution in [1.29, 1.82) is 0 Å². The largest absolute Gasteiger partial charge is 0.372 e. The molecule has 4 nitrogen and oxygen atoms in total. The van der Waals surface area contributed by atoms with Crippen molar-refractivity contribution < 1.29 is 9.63 Å². The van der Waals surface area contributed by atoms with Gasteiger partial charge >= 0.3 is 5.97 Å². The molecule has 1 aromatic rings. The Morgan fingerprint density at radius 1 is 1.04 bits per heavy atom. The lowest BCUT2D eigenvalue weighted by Gasteiger charge is -2.18. The molecule has 0 heterocycles. The zero-order chi connectivity index (χ0) is 16.9. The molecule has 130 valence electrons. The van der Waals surface area contributed by atoms with E-state index < -0.39 is 12.0 Å². The van der Waals surface area contributed by atoms with E-state index in [0.29, 0.717) is 12.3 Å². The predicted molar refractivity (Wildman–Crippen MR) is 94.5 cm³/mol. The van der Waals surface area contributed by atoms with Crippen LogP contribution in [-0.4, -0.2) is 12.0 Å². The monoisotopic (exact) mass is 320 g/mol. The Morgan fingerprint density at radius 2 is 1.74 bits per heavy atom. The normalized spacial score (nSPS) is 13.5. The summed E-state index contributed by atoms with van der Waals surface area (Å²) in [7, 11) is 0. The molecule has 0 amide bonds. The number of unbranched alkanes of at least 4 members (excludes halogenated alkanes) is 4. The quantitative estimate of drug-likeness (QED) is 0.454. The Morgan fingerprint density at radius 3 is 2.39 bits per heavy atom. The van der Waals surface area contributed by atoms with E-state index >= 15 is 0 Å². The number of rotatable bonds is 12. The second-order valence-corrected chi connectivity index (χ2v) is 6.38. The van der Waals surface area contributed by atoms with Crippen molar-refractivity contribution >= 4 is 5.97 Å². The van der Waals surface area contributed by atoms with Crippen molar-refractivity contribution in [2.75, 3.05) is 0 Å². The van der Waals surface area contributed by atoms with Crippen LogP contribution in [0.5, 0.6) is 0 Å². The van der Waals surface area contributed by atoms with Gasteiger partial charge in [0.15, 0.2) is 0 Å². The van der Waals surface area contributed by atoms with Gasteiger partial charge in [0.2, 0.25) is 0 Å². The fourth-order valence-corrected chi connectivity index (χ4v) is 2.95. The lowest BCUT2D eigenvalue weighted by atomic mass is 9.88. The number of carbonyl (C=O) groups is 1. The highest BCUT2D eigenvalue weighted by Gasteiger charge is 2.17. The Balaban J connectivity index is 2.45. The van der Waals surface area contributed by atoms with E-state index in [-0.39, 0.29) is 0 Å². The van der Waals surface area contributed by atoms with E-state index in [4.69, 9.17) is 11.6 Å². The van der Waals surface area contributed by atoms with Gasteiger partial charge in [-0.05, 0) is 30.7 Å². The summed E-state index contributed by atoms with van der Waals surface area (Å²) in [6, 6.07) is 9.90. The third-order valence-electron chi connectivity index (χ3n) is 4.39. The standard InChI is InChI=1S/C19H32N2O2/c1-2-3-4-5-7-12-17(13-14-18(20)19(22)23-21)15-16-10-8-6-9-11-16/h6,8-11,17-18H,2-5,7,12-15,20-21H2,1H3. The van der Waals surface area contributed by atoms with Gasteiger partial charge in [-0.15, -0.1) is 0 Å². The number of hydrogen-bond acceptors (Lipinski definition) is 4. The van der Waals surface area contributed by atoms with Gasteiger partial charge in [0, 0.05) is 0 Å². The molecule has 0 aromatic heterocycles. The molecule has 1 aromatic carbocycles. The van der Waals surface area contributed by atoms with Gasteiger partial charge in [-0.2, -0.15) is 5.90 Å². The fourth-order valence-electron chi connectivity index (χ4n) is 2.95. The SMILES string of the molecule is CCCCCCCC(CCC(N)C(=O)ON)Cc1ccccc1. The molecule has 2 atom stereocenters. The van der Waals surface area contributed by atoms with Crippen molar-refractivity contribution in [2.24, 2.45) is 17.5 Å². The molecule has 4 heteroatoms. The molecule has 0 saturated carbocycles. The van der Waals surface area contributed by atoms with Crippen molar-refractivity contribution in [3.05, 3.63) is 35.9 Å². The topological polar surface area (TPSA) is 78.3 Å². The molecule has 1 rings (SSSR count). The number of hydrogen-bond donors (Lipinski definition) is 2. The van der Waals surface area contributed by atoms with Gasteiger partial charge in [0.25, 0.3) is 0 Å². The molecule has 0 aliphatic heterocycles. The van der Waals surface area contributed by atoms with E-state index in [1.807, 2.05) is 6.07 Å². The maximum atomic E-state index is 11.3. The van der Waals surface area contributed by atoms with E-state index in [0.717, 1.165) is 12.8 Å².